The first kappa shape index (κ1) is 10.9. The van der Waals surface area contributed by atoms with Gasteiger partial charge in [0.1, 0.15) is 5.82 Å². The summed E-state index contributed by atoms with van der Waals surface area (Å²) in [6.45, 7) is 1.76. The Balaban J connectivity index is 1.99. The molecule has 3 N–H and O–H groups in total. The van der Waals surface area contributed by atoms with Gasteiger partial charge in [-0.15, -0.1) is 0 Å². The highest BCUT2D eigenvalue weighted by Crippen LogP contribution is 2.01. The third-order valence-electron chi connectivity index (χ3n) is 2.00. The first-order valence-electron chi connectivity index (χ1n) is 5.13. The molecule has 0 fully saturated rings. The topological polar surface area (TPSA) is 63.8 Å². The van der Waals surface area contributed by atoms with Crippen LogP contribution in [0.25, 0.3) is 0 Å². The summed E-state index contributed by atoms with van der Waals surface area (Å²) in [5.41, 5.74) is 5.40. The van der Waals surface area contributed by atoms with Crippen molar-refractivity contribution in [3.63, 3.8) is 0 Å². The van der Waals surface area contributed by atoms with Gasteiger partial charge < -0.3 is 11.1 Å². The molecule has 0 amide bonds. The average molecular weight is 194 g/mol. The molecule has 0 aliphatic rings. The minimum Gasteiger partial charge on any atom is -0.369 e. The van der Waals surface area contributed by atoms with Crippen LogP contribution in [0.2, 0.25) is 0 Å². The summed E-state index contributed by atoms with van der Waals surface area (Å²) < 4.78 is 0. The van der Waals surface area contributed by atoms with E-state index in [2.05, 4.69) is 15.3 Å². The molecule has 4 nitrogen and oxygen atoms in total. The van der Waals surface area contributed by atoms with Crippen LogP contribution in [0.5, 0.6) is 0 Å². The van der Waals surface area contributed by atoms with Crippen molar-refractivity contribution in [1.29, 1.82) is 0 Å². The van der Waals surface area contributed by atoms with Crippen molar-refractivity contribution in [2.45, 2.75) is 25.7 Å². The van der Waals surface area contributed by atoms with Gasteiger partial charge in [0, 0.05) is 18.9 Å². The Kier molecular flexibility index (Phi) is 5.66. The predicted molar refractivity (Wildman–Crippen MR) is 58.0 cm³/mol. The summed E-state index contributed by atoms with van der Waals surface area (Å²) in [4.78, 5) is 8.09. The monoisotopic (exact) mass is 194 g/mol. The first-order chi connectivity index (χ1) is 6.93. The molecule has 0 saturated heterocycles. The van der Waals surface area contributed by atoms with Crippen LogP contribution >= 0.6 is 0 Å². The van der Waals surface area contributed by atoms with Gasteiger partial charge in [0.05, 0.1) is 6.20 Å². The van der Waals surface area contributed by atoms with Crippen molar-refractivity contribution in [2.75, 3.05) is 18.4 Å². The van der Waals surface area contributed by atoms with E-state index < -0.39 is 0 Å². The summed E-state index contributed by atoms with van der Waals surface area (Å²) in [5, 5.41) is 3.22. The number of nitrogens with one attached hydrogen (secondary N) is 1. The summed E-state index contributed by atoms with van der Waals surface area (Å²) in [6, 6.07) is 0. The maximum absolute atomic E-state index is 5.40. The van der Waals surface area contributed by atoms with Gasteiger partial charge >= 0.3 is 0 Å². The van der Waals surface area contributed by atoms with Crippen LogP contribution in [0.4, 0.5) is 5.82 Å². The third kappa shape index (κ3) is 4.77. The summed E-state index contributed by atoms with van der Waals surface area (Å²) >= 11 is 0. The second-order valence-corrected chi connectivity index (χ2v) is 3.22. The Morgan fingerprint density at radius 3 is 2.71 bits per heavy atom. The number of anilines is 1. The molecule has 1 heterocycles. The maximum atomic E-state index is 5.40. The molecule has 14 heavy (non-hydrogen) atoms. The average Bonchev–Trinajstić information content (AvgIpc) is 2.25. The van der Waals surface area contributed by atoms with Gasteiger partial charge in [0.15, 0.2) is 0 Å². The Bertz CT molecular complexity index is 225. The van der Waals surface area contributed by atoms with Crippen molar-refractivity contribution in [3.8, 4) is 0 Å². The van der Waals surface area contributed by atoms with E-state index in [1.54, 1.807) is 18.6 Å². The molecule has 4 heteroatoms. The fourth-order valence-corrected chi connectivity index (χ4v) is 1.23. The molecule has 0 radical (unpaired) electrons. The van der Waals surface area contributed by atoms with Gasteiger partial charge in [-0.05, 0) is 19.4 Å². The second-order valence-electron chi connectivity index (χ2n) is 3.22. The quantitative estimate of drug-likeness (QED) is 0.644. The fourth-order valence-electron chi connectivity index (χ4n) is 1.23. The van der Waals surface area contributed by atoms with Crippen molar-refractivity contribution in [1.82, 2.24) is 9.97 Å². The molecule has 0 unspecified atom stereocenters. The molecule has 0 atom stereocenters. The highest BCUT2D eigenvalue weighted by molar-refractivity contribution is 5.29. The summed E-state index contributed by atoms with van der Waals surface area (Å²) in [5.74, 6) is 0.853. The number of rotatable bonds is 7. The lowest BCUT2D eigenvalue weighted by Crippen LogP contribution is -2.04. The molecule has 0 bridgehead atoms. The van der Waals surface area contributed by atoms with E-state index in [1.807, 2.05) is 0 Å². The van der Waals surface area contributed by atoms with Crippen LogP contribution in [-0.2, 0) is 0 Å². The Morgan fingerprint density at radius 1 is 1.14 bits per heavy atom. The van der Waals surface area contributed by atoms with Crippen molar-refractivity contribution >= 4 is 5.82 Å². The molecule has 0 aromatic carbocycles. The number of aromatic nitrogens is 2. The molecular weight excluding hydrogens is 176 g/mol. The van der Waals surface area contributed by atoms with Gasteiger partial charge in [-0.1, -0.05) is 12.8 Å². The number of hydrogen-bond donors (Lipinski definition) is 2. The Morgan fingerprint density at radius 2 is 2.00 bits per heavy atom. The standard InChI is InChI=1S/C10H18N4/c11-5-3-1-2-4-6-13-10-9-12-7-8-14-10/h7-9H,1-6,11H2,(H,13,14). The van der Waals surface area contributed by atoms with E-state index in [0.29, 0.717) is 0 Å². The fraction of sp³-hybridized carbons (Fsp3) is 0.600. The molecule has 78 valence electrons. The summed E-state index contributed by atoms with van der Waals surface area (Å²) in [6.07, 6.45) is 9.84. The smallest absolute Gasteiger partial charge is 0.144 e. The normalized spacial score (nSPS) is 10.1. The van der Waals surface area contributed by atoms with E-state index in [4.69, 9.17) is 5.73 Å². The van der Waals surface area contributed by atoms with Gasteiger partial charge in [-0.3, -0.25) is 4.98 Å². The Labute approximate surface area is 85.0 Å². The number of unbranched alkanes of at least 4 members (excludes halogenated alkanes) is 3. The number of hydrogen-bond acceptors (Lipinski definition) is 4. The minimum absolute atomic E-state index is 0.803. The SMILES string of the molecule is NCCCCCCNc1cnccn1. The van der Waals surface area contributed by atoms with Crippen molar-refractivity contribution in [3.05, 3.63) is 18.6 Å². The Hall–Kier alpha value is -1.16. The van der Waals surface area contributed by atoms with Gasteiger partial charge in [0.25, 0.3) is 0 Å². The first-order valence-corrected chi connectivity index (χ1v) is 5.13. The van der Waals surface area contributed by atoms with Crippen LogP contribution in [0, 0.1) is 0 Å². The highest BCUT2D eigenvalue weighted by Gasteiger charge is 1.91. The maximum Gasteiger partial charge on any atom is 0.144 e. The zero-order valence-electron chi connectivity index (χ0n) is 8.45. The van der Waals surface area contributed by atoms with Crippen LogP contribution in [-0.4, -0.2) is 23.1 Å². The predicted octanol–water partition coefficient (Wildman–Crippen LogP) is 1.41. The van der Waals surface area contributed by atoms with Gasteiger partial charge in [-0.25, -0.2) is 4.98 Å². The van der Waals surface area contributed by atoms with Crippen molar-refractivity contribution < 1.29 is 0 Å². The molecular formula is C10H18N4. The third-order valence-corrected chi connectivity index (χ3v) is 2.00. The number of nitrogens with two attached hydrogens (primary N) is 1. The lowest BCUT2D eigenvalue weighted by atomic mass is 10.2. The van der Waals surface area contributed by atoms with E-state index in [1.165, 1.54) is 12.8 Å². The van der Waals surface area contributed by atoms with Crippen LogP contribution in [0.3, 0.4) is 0 Å². The van der Waals surface area contributed by atoms with Crippen molar-refractivity contribution in [2.24, 2.45) is 5.73 Å². The number of nitrogens with zero attached hydrogens (tertiary/aromatic N) is 2. The van der Waals surface area contributed by atoms with E-state index in [0.717, 1.165) is 31.7 Å². The van der Waals surface area contributed by atoms with Gasteiger partial charge in [-0.2, -0.15) is 0 Å². The van der Waals surface area contributed by atoms with Crippen LogP contribution in [0.15, 0.2) is 18.6 Å². The second kappa shape index (κ2) is 7.26. The largest absolute Gasteiger partial charge is 0.369 e. The molecule has 0 aliphatic heterocycles. The highest BCUT2D eigenvalue weighted by atomic mass is 15.0. The van der Waals surface area contributed by atoms with E-state index >= 15 is 0 Å². The van der Waals surface area contributed by atoms with Crippen LogP contribution < -0.4 is 11.1 Å². The van der Waals surface area contributed by atoms with Crippen LogP contribution in [0.1, 0.15) is 25.7 Å². The lowest BCUT2D eigenvalue weighted by Gasteiger charge is -2.03. The zero-order chi connectivity index (χ0) is 10.1. The molecule has 1 aromatic rings. The molecule has 0 saturated carbocycles. The molecule has 1 aromatic heterocycles. The lowest BCUT2D eigenvalue weighted by molar-refractivity contribution is 0.661. The molecule has 0 aliphatic carbocycles. The van der Waals surface area contributed by atoms with E-state index in [-0.39, 0.29) is 0 Å². The summed E-state index contributed by atoms with van der Waals surface area (Å²) in [7, 11) is 0. The van der Waals surface area contributed by atoms with E-state index in [9.17, 15) is 0 Å². The molecule has 1 rings (SSSR count). The zero-order valence-corrected chi connectivity index (χ0v) is 8.45. The molecule has 0 spiro atoms. The van der Waals surface area contributed by atoms with Gasteiger partial charge in [0.2, 0.25) is 0 Å². The minimum atomic E-state index is 0.803.